The van der Waals surface area contributed by atoms with E-state index in [1.54, 1.807) is 10.9 Å². The van der Waals surface area contributed by atoms with Gasteiger partial charge in [-0.3, -0.25) is 4.68 Å². The van der Waals surface area contributed by atoms with Crippen molar-refractivity contribution in [2.75, 3.05) is 17.2 Å². The van der Waals surface area contributed by atoms with Gasteiger partial charge in [0.25, 0.3) is 0 Å². The van der Waals surface area contributed by atoms with Gasteiger partial charge in [-0.1, -0.05) is 5.21 Å². The molecule has 2 aromatic rings. The van der Waals surface area contributed by atoms with Gasteiger partial charge in [-0.05, 0) is 18.2 Å². The van der Waals surface area contributed by atoms with Gasteiger partial charge in [-0.25, -0.2) is 4.68 Å². The Morgan fingerprint density at radius 1 is 1.53 bits per heavy atom. The number of hydrogen-bond donors (Lipinski definition) is 1. The molecule has 0 aliphatic carbocycles. The molecule has 17 heavy (non-hydrogen) atoms. The molecule has 1 fully saturated rings. The Bertz CT molecular complexity index is 525. The van der Waals surface area contributed by atoms with Gasteiger partial charge in [0, 0.05) is 19.0 Å². The summed E-state index contributed by atoms with van der Waals surface area (Å²) in [5.41, 5.74) is 7.78. The highest BCUT2D eigenvalue weighted by Crippen LogP contribution is 2.33. The molecular weight excluding hydrogens is 236 g/mol. The van der Waals surface area contributed by atoms with E-state index in [9.17, 15) is 0 Å². The van der Waals surface area contributed by atoms with Gasteiger partial charge in [0.05, 0.1) is 11.7 Å². The number of aromatic nitrogens is 5. The van der Waals surface area contributed by atoms with E-state index in [0.717, 1.165) is 23.6 Å². The van der Waals surface area contributed by atoms with E-state index >= 15 is 0 Å². The predicted molar refractivity (Wildman–Crippen MR) is 67.6 cm³/mol. The van der Waals surface area contributed by atoms with Crippen molar-refractivity contribution in [3.63, 3.8) is 0 Å². The molecule has 0 aromatic carbocycles. The van der Waals surface area contributed by atoms with Crippen LogP contribution >= 0.6 is 11.8 Å². The molecule has 0 saturated carbocycles. The van der Waals surface area contributed by atoms with Crippen LogP contribution in [0.2, 0.25) is 0 Å². The Balaban J connectivity index is 2.09. The molecule has 3 rings (SSSR count). The zero-order valence-corrected chi connectivity index (χ0v) is 10.4. The van der Waals surface area contributed by atoms with Crippen LogP contribution in [0.4, 0.5) is 5.82 Å². The first-order valence-corrected chi connectivity index (χ1v) is 6.69. The zero-order chi connectivity index (χ0) is 11.8. The van der Waals surface area contributed by atoms with E-state index in [2.05, 4.69) is 15.4 Å². The van der Waals surface area contributed by atoms with Crippen molar-refractivity contribution in [1.82, 2.24) is 24.8 Å². The van der Waals surface area contributed by atoms with Crippen molar-refractivity contribution in [3.05, 3.63) is 12.3 Å². The Labute approximate surface area is 103 Å². The second-order valence-corrected chi connectivity index (χ2v) is 5.28. The van der Waals surface area contributed by atoms with Gasteiger partial charge < -0.3 is 5.73 Å². The summed E-state index contributed by atoms with van der Waals surface area (Å²) in [5.74, 6) is 2.73. The molecule has 0 spiro atoms. The summed E-state index contributed by atoms with van der Waals surface area (Å²) in [4.78, 5) is 0. The number of hydrogen-bond acceptors (Lipinski definition) is 5. The normalized spacial score (nSPS) is 19.9. The molecule has 0 radical (unpaired) electrons. The quantitative estimate of drug-likeness (QED) is 0.858. The number of nitrogen functional groups attached to an aromatic ring is 1. The number of nitrogens with two attached hydrogens (primary N) is 1. The second-order valence-electron chi connectivity index (χ2n) is 4.13. The third kappa shape index (κ3) is 1.70. The topological polar surface area (TPSA) is 74.6 Å². The molecule has 2 aromatic heterocycles. The first-order valence-electron chi connectivity index (χ1n) is 5.54. The third-order valence-corrected chi connectivity index (χ3v) is 4.18. The average Bonchev–Trinajstić information content (AvgIpc) is 2.98. The molecule has 0 bridgehead atoms. The molecule has 0 amide bonds. The maximum atomic E-state index is 5.93. The molecule has 7 heteroatoms. The smallest absolute Gasteiger partial charge is 0.175 e. The Morgan fingerprint density at radius 2 is 2.41 bits per heavy atom. The van der Waals surface area contributed by atoms with Crippen molar-refractivity contribution >= 4 is 17.6 Å². The Kier molecular flexibility index (Phi) is 2.54. The van der Waals surface area contributed by atoms with Crippen LogP contribution in [0.1, 0.15) is 12.5 Å². The van der Waals surface area contributed by atoms with Crippen molar-refractivity contribution in [1.29, 1.82) is 0 Å². The standard InChI is InChI=1S/C10H14N6S/c1-15-8(2-4-12-15)9-10(11)13-14-16(9)7-3-5-17-6-7/h2,4,7H,3,5-6,11H2,1H3. The Morgan fingerprint density at radius 3 is 3.06 bits per heavy atom. The number of rotatable bonds is 2. The minimum atomic E-state index is 0.398. The average molecular weight is 250 g/mol. The fourth-order valence-corrected chi connectivity index (χ4v) is 3.32. The van der Waals surface area contributed by atoms with Crippen molar-refractivity contribution in [2.24, 2.45) is 7.05 Å². The lowest BCUT2D eigenvalue weighted by Crippen LogP contribution is -2.12. The first kappa shape index (κ1) is 10.6. The third-order valence-electron chi connectivity index (χ3n) is 3.04. The fraction of sp³-hybridized carbons (Fsp3) is 0.500. The van der Waals surface area contributed by atoms with Crippen LogP contribution in [0.3, 0.4) is 0 Å². The summed E-state index contributed by atoms with van der Waals surface area (Å²) in [6.07, 6.45) is 2.88. The number of anilines is 1. The highest BCUT2D eigenvalue weighted by molar-refractivity contribution is 7.99. The van der Waals surface area contributed by atoms with Crippen LogP contribution in [0.15, 0.2) is 12.3 Å². The highest BCUT2D eigenvalue weighted by atomic mass is 32.2. The van der Waals surface area contributed by atoms with Crippen LogP contribution < -0.4 is 5.73 Å². The van der Waals surface area contributed by atoms with Gasteiger partial charge in [0.15, 0.2) is 5.82 Å². The molecule has 6 nitrogen and oxygen atoms in total. The molecule has 1 aliphatic rings. The van der Waals surface area contributed by atoms with Crippen LogP contribution in [-0.2, 0) is 7.05 Å². The molecule has 1 unspecified atom stereocenters. The lowest BCUT2D eigenvalue weighted by atomic mass is 10.2. The van der Waals surface area contributed by atoms with Crippen LogP contribution in [-0.4, -0.2) is 36.3 Å². The van der Waals surface area contributed by atoms with Gasteiger partial charge in [-0.15, -0.1) is 5.10 Å². The second kappa shape index (κ2) is 4.06. The van der Waals surface area contributed by atoms with Gasteiger partial charge in [0.2, 0.25) is 0 Å². The van der Waals surface area contributed by atoms with Crippen LogP contribution in [0, 0.1) is 0 Å². The summed E-state index contributed by atoms with van der Waals surface area (Å²) in [6, 6.07) is 2.34. The fourth-order valence-electron chi connectivity index (χ4n) is 2.13. The number of nitrogens with zero attached hydrogens (tertiary/aromatic N) is 5. The summed E-state index contributed by atoms with van der Waals surface area (Å²) in [5, 5.41) is 12.3. The zero-order valence-electron chi connectivity index (χ0n) is 9.58. The molecule has 1 saturated heterocycles. The minimum absolute atomic E-state index is 0.398. The lowest BCUT2D eigenvalue weighted by Gasteiger charge is -2.12. The van der Waals surface area contributed by atoms with Gasteiger partial charge in [0.1, 0.15) is 5.69 Å². The maximum absolute atomic E-state index is 5.93. The van der Waals surface area contributed by atoms with E-state index in [1.165, 1.54) is 5.75 Å². The number of thioether (sulfide) groups is 1. The van der Waals surface area contributed by atoms with Crippen molar-refractivity contribution in [3.8, 4) is 11.4 Å². The largest absolute Gasteiger partial charge is 0.380 e. The predicted octanol–water partition coefficient (Wildman–Crippen LogP) is 0.939. The van der Waals surface area contributed by atoms with E-state index < -0.39 is 0 Å². The summed E-state index contributed by atoms with van der Waals surface area (Å²) >= 11 is 1.94. The molecule has 3 heterocycles. The first-order chi connectivity index (χ1) is 8.27. The van der Waals surface area contributed by atoms with E-state index in [1.807, 2.05) is 29.6 Å². The van der Waals surface area contributed by atoms with E-state index in [0.29, 0.717) is 11.9 Å². The van der Waals surface area contributed by atoms with E-state index in [4.69, 9.17) is 5.73 Å². The SMILES string of the molecule is Cn1nccc1-c1c(N)nnn1C1CCSC1. The van der Waals surface area contributed by atoms with Gasteiger partial charge >= 0.3 is 0 Å². The molecular formula is C10H14N6S. The molecule has 1 aliphatic heterocycles. The molecule has 2 N–H and O–H groups in total. The molecule has 1 atom stereocenters. The summed E-state index contributed by atoms with van der Waals surface area (Å²) < 4.78 is 3.75. The van der Waals surface area contributed by atoms with Crippen molar-refractivity contribution < 1.29 is 0 Å². The summed E-state index contributed by atoms with van der Waals surface area (Å²) in [6.45, 7) is 0. The van der Waals surface area contributed by atoms with E-state index in [-0.39, 0.29) is 0 Å². The lowest BCUT2D eigenvalue weighted by molar-refractivity contribution is 0.489. The van der Waals surface area contributed by atoms with Crippen LogP contribution in [0.5, 0.6) is 0 Å². The number of aryl methyl sites for hydroxylation is 1. The monoisotopic (exact) mass is 250 g/mol. The Hall–Kier alpha value is -1.50. The summed E-state index contributed by atoms with van der Waals surface area (Å²) in [7, 11) is 1.90. The van der Waals surface area contributed by atoms with Crippen LogP contribution in [0.25, 0.3) is 11.4 Å². The molecule has 90 valence electrons. The van der Waals surface area contributed by atoms with Crippen molar-refractivity contribution in [2.45, 2.75) is 12.5 Å². The highest BCUT2D eigenvalue weighted by Gasteiger charge is 2.24. The minimum Gasteiger partial charge on any atom is -0.380 e. The maximum Gasteiger partial charge on any atom is 0.175 e. The van der Waals surface area contributed by atoms with Gasteiger partial charge in [-0.2, -0.15) is 16.9 Å².